The first-order valence-corrected chi connectivity index (χ1v) is 9.04. The summed E-state index contributed by atoms with van der Waals surface area (Å²) in [6, 6.07) is 8.90. The third-order valence-corrected chi connectivity index (χ3v) is 5.00. The summed E-state index contributed by atoms with van der Waals surface area (Å²) in [6.45, 7) is 5.15. The molecule has 0 radical (unpaired) electrons. The van der Waals surface area contributed by atoms with Crippen molar-refractivity contribution in [2.24, 2.45) is 5.92 Å². The van der Waals surface area contributed by atoms with Crippen LogP contribution in [0.3, 0.4) is 0 Å². The van der Waals surface area contributed by atoms with Gasteiger partial charge in [-0.15, -0.1) is 0 Å². The van der Waals surface area contributed by atoms with E-state index in [9.17, 15) is 14.4 Å². The second kappa shape index (κ2) is 7.35. The van der Waals surface area contributed by atoms with Crippen molar-refractivity contribution in [2.45, 2.75) is 32.2 Å². The summed E-state index contributed by atoms with van der Waals surface area (Å²) in [5, 5.41) is 2.85. The van der Waals surface area contributed by atoms with Crippen LogP contribution in [0.2, 0.25) is 0 Å². The van der Waals surface area contributed by atoms with Crippen LogP contribution < -0.4 is 10.1 Å². The minimum atomic E-state index is -0.877. The Bertz CT molecular complexity index is 681. The van der Waals surface area contributed by atoms with Gasteiger partial charge in [0.1, 0.15) is 17.9 Å². The maximum atomic E-state index is 12.8. The van der Waals surface area contributed by atoms with Gasteiger partial charge in [-0.1, -0.05) is 32.0 Å². The molecule has 0 unspecified atom stereocenters. The Labute approximate surface area is 153 Å². The maximum absolute atomic E-state index is 12.8. The minimum absolute atomic E-state index is 0.0652. The van der Waals surface area contributed by atoms with Crippen molar-refractivity contribution in [1.82, 2.24) is 15.1 Å². The molecule has 140 valence electrons. The number of hydrogen-bond acceptors (Lipinski definition) is 4. The number of para-hydroxylation sites is 1. The van der Waals surface area contributed by atoms with E-state index in [4.69, 9.17) is 4.74 Å². The lowest BCUT2D eigenvalue weighted by molar-refractivity contribution is -0.140. The minimum Gasteiger partial charge on any atom is -0.492 e. The summed E-state index contributed by atoms with van der Waals surface area (Å²) in [5.74, 6) is 0.514. The first-order chi connectivity index (χ1) is 12.4. The van der Waals surface area contributed by atoms with Crippen LogP contribution >= 0.6 is 0 Å². The average molecular weight is 359 g/mol. The van der Waals surface area contributed by atoms with E-state index in [0.29, 0.717) is 31.7 Å². The molecule has 0 bridgehead atoms. The van der Waals surface area contributed by atoms with E-state index in [1.54, 1.807) is 4.90 Å². The highest BCUT2D eigenvalue weighted by molar-refractivity contribution is 6.07. The number of likely N-dealkylation sites (tertiary alicyclic amines) is 1. The van der Waals surface area contributed by atoms with E-state index >= 15 is 0 Å². The van der Waals surface area contributed by atoms with Gasteiger partial charge in [0.15, 0.2) is 0 Å². The van der Waals surface area contributed by atoms with Gasteiger partial charge in [-0.3, -0.25) is 14.5 Å². The molecule has 0 atom stereocenters. The topological polar surface area (TPSA) is 79.0 Å². The second-order valence-corrected chi connectivity index (χ2v) is 7.11. The van der Waals surface area contributed by atoms with Crippen LogP contribution in [0.4, 0.5) is 4.79 Å². The number of nitrogens with one attached hydrogen (secondary N) is 1. The van der Waals surface area contributed by atoms with E-state index in [0.717, 1.165) is 0 Å². The Hall–Kier alpha value is -2.57. The van der Waals surface area contributed by atoms with Crippen LogP contribution in [-0.2, 0) is 9.59 Å². The van der Waals surface area contributed by atoms with Gasteiger partial charge in [-0.05, 0) is 25.0 Å². The van der Waals surface area contributed by atoms with E-state index in [-0.39, 0.29) is 36.9 Å². The highest BCUT2D eigenvalue weighted by Gasteiger charge is 2.52. The molecule has 1 spiro atoms. The fourth-order valence-corrected chi connectivity index (χ4v) is 3.46. The van der Waals surface area contributed by atoms with Gasteiger partial charge in [0.25, 0.3) is 5.91 Å². The van der Waals surface area contributed by atoms with E-state index in [1.165, 1.54) is 4.90 Å². The van der Waals surface area contributed by atoms with Gasteiger partial charge < -0.3 is 15.0 Å². The summed E-state index contributed by atoms with van der Waals surface area (Å²) in [5.41, 5.74) is -0.877. The second-order valence-electron chi connectivity index (χ2n) is 7.11. The molecule has 2 saturated heterocycles. The van der Waals surface area contributed by atoms with E-state index < -0.39 is 5.54 Å². The predicted molar refractivity (Wildman–Crippen MR) is 95.6 cm³/mol. The number of carbonyl (C=O) groups excluding carboxylic acids is 3. The molecule has 7 nitrogen and oxygen atoms in total. The van der Waals surface area contributed by atoms with Gasteiger partial charge in [0, 0.05) is 19.0 Å². The molecule has 1 N–H and O–H groups in total. The van der Waals surface area contributed by atoms with Crippen molar-refractivity contribution in [1.29, 1.82) is 0 Å². The molecule has 0 aliphatic carbocycles. The standard InChI is InChI=1S/C19H25N3O4/c1-14(2)16(23)21-10-8-19(9-11-21)17(24)22(18(25)20-19)12-13-26-15-6-4-3-5-7-15/h3-7,14H,8-13H2,1-2H3,(H,20,25). The summed E-state index contributed by atoms with van der Waals surface area (Å²) < 4.78 is 5.59. The Morgan fingerprint density at radius 3 is 2.46 bits per heavy atom. The normalized spacial score (nSPS) is 19.2. The summed E-state index contributed by atoms with van der Waals surface area (Å²) >= 11 is 0. The van der Waals surface area contributed by atoms with Crippen molar-refractivity contribution in [3.8, 4) is 5.75 Å². The summed E-state index contributed by atoms with van der Waals surface area (Å²) in [6.07, 6.45) is 0.901. The lowest BCUT2D eigenvalue weighted by Gasteiger charge is -2.38. The number of carbonyl (C=O) groups is 3. The van der Waals surface area contributed by atoms with Crippen molar-refractivity contribution in [3.63, 3.8) is 0 Å². The summed E-state index contributed by atoms with van der Waals surface area (Å²) in [7, 11) is 0. The molecular weight excluding hydrogens is 334 g/mol. The van der Waals surface area contributed by atoms with Crippen LogP contribution in [0.1, 0.15) is 26.7 Å². The Morgan fingerprint density at radius 2 is 1.85 bits per heavy atom. The molecule has 0 saturated carbocycles. The molecule has 7 heteroatoms. The molecule has 2 aliphatic rings. The van der Waals surface area contributed by atoms with Gasteiger partial charge >= 0.3 is 6.03 Å². The molecular formula is C19H25N3O4. The van der Waals surface area contributed by atoms with Crippen molar-refractivity contribution < 1.29 is 19.1 Å². The van der Waals surface area contributed by atoms with Gasteiger partial charge in [-0.25, -0.2) is 4.79 Å². The number of urea groups is 1. The molecule has 2 heterocycles. The van der Waals surface area contributed by atoms with E-state index in [1.807, 2.05) is 44.2 Å². The smallest absolute Gasteiger partial charge is 0.325 e. The lowest BCUT2D eigenvalue weighted by atomic mass is 9.87. The zero-order valence-electron chi connectivity index (χ0n) is 15.2. The third-order valence-electron chi connectivity index (χ3n) is 5.00. The highest BCUT2D eigenvalue weighted by atomic mass is 16.5. The van der Waals surface area contributed by atoms with Gasteiger partial charge in [0.2, 0.25) is 5.91 Å². The molecule has 26 heavy (non-hydrogen) atoms. The quantitative estimate of drug-likeness (QED) is 0.811. The molecule has 2 aliphatic heterocycles. The number of ether oxygens (including phenoxy) is 1. The molecule has 4 amide bonds. The van der Waals surface area contributed by atoms with Gasteiger partial charge in [-0.2, -0.15) is 0 Å². The number of imide groups is 1. The predicted octanol–water partition coefficient (Wildman–Crippen LogP) is 1.63. The summed E-state index contributed by atoms with van der Waals surface area (Å²) in [4.78, 5) is 40.2. The Balaban J connectivity index is 1.56. The van der Waals surface area contributed by atoms with Crippen molar-refractivity contribution in [2.75, 3.05) is 26.2 Å². The monoisotopic (exact) mass is 359 g/mol. The molecule has 1 aromatic carbocycles. The maximum Gasteiger partial charge on any atom is 0.325 e. The largest absolute Gasteiger partial charge is 0.492 e. The molecule has 1 aromatic rings. The Kier molecular flexibility index (Phi) is 5.15. The number of hydrogen-bond donors (Lipinski definition) is 1. The number of benzene rings is 1. The third kappa shape index (κ3) is 3.52. The fourth-order valence-electron chi connectivity index (χ4n) is 3.46. The zero-order valence-corrected chi connectivity index (χ0v) is 15.2. The van der Waals surface area contributed by atoms with Crippen LogP contribution in [0.25, 0.3) is 0 Å². The number of amides is 4. The van der Waals surface area contributed by atoms with Gasteiger partial charge in [0.05, 0.1) is 6.54 Å². The fraction of sp³-hybridized carbons (Fsp3) is 0.526. The average Bonchev–Trinajstić information content (AvgIpc) is 2.86. The Morgan fingerprint density at radius 1 is 1.19 bits per heavy atom. The van der Waals surface area contributed by atoms with Crippen LogP contribution in [0, 0.1) is 5.92 Å². The van der Waals surface area contributed by atoms with E-state index in [2.05, 4.69) is 5.32 Å². The van der Waals surface area contributed by atoms with Crippen molar-refractivity contribution in [3.05, 3.63) is 30.3 Å². The lowest BCUT2D eigenvalue weighted by Crippen LogP contribution is -2.56. The number of rotatable bonds is 5. The molecule has 3 rings (SSSR count). The van der Waals surface area contributed by atoms with Crippen LogP contribution in [0.5, 0.6) is 5.75 Å². The number of piperidine rings is 1. The molecule has 2 fully saturated rings. The zero-order chi connectivity index (χ0) is 18.7. The number of nitrogens with zero attached hydrogens (tertiary/aromatic N) is 2. The van der Waals surface area contributed by atoms with Crippen LogP contribution in [0.15, 0.2) is 30.3 Å². The SMILES string of the molecule is CC(C)C(=O)N1CCC2(CC1)NC(=O)N(CCOc1ccccc1)C2=O. The highest BCUT2D eigenvalue weighted by Crippen LogP contribution is 2.30. The van der Waals surface area contributed by atoms with Crippen molar-refractivity contribution >= 4 is 17.8 Å². The van der Waals surface area contributed by atoms with Crippen LogP contribution in [-0.4, -0.2) is 59.4 Å². The first-order valence-electron chi connectivity index (χ1n) is 9.04. The molecule has 0 aromatic heterocycles. The first kappa shape index (κ1) is 18.2.